The molecule has 2 aromatic carbocycles. The highest BCUT2D eigenvalue weighted by atomic mass is 32.2. The Morgan fingerprint density at radius 1 is 0.957 bits per heavy atom. The van der Waals surface area contributed by atoms with Gasteiger partial charge in [-0.25, -0.2) is 8.42 Å². The van der Waals surface area contributed by atoms with Crippen LogP contribution < -0.4 is 5.32 Å². The molecule has 0 spiro atoms. The third kappa shape index (κ3) is 2.52. The first-order chi connectivity index (χ1) is 11.1. The van der Waals surface area contributed by atoms with Crippen molar-refractivity contribution in [1.29, 1.82) is 0 Å². The van der Waals surface area contributed by atoms with Gasteiger partial charge in [-0.05, 0) is 35.9 Å². The van der Waals surface area contributed by atoms with Crippen molar-refractivity contribution in [3.8, 4) is 0 Å². The van der Waals surface area contributed by atoms with E-state index in [1.165, 1.54) is 11.8 Å². The van der Waals surface area contributed by atoms with Crippen LogP contribution in [0.1, 0.15) is 11.5 Å². The molecule has 1 fully saturated rings. The van der Waals surface area contributed by atoms with Gasteiger partial charge in [0.25, 0.3) is 0 Å². The maximum atomic E-state index is 12.7. The number of rotatable bonds is 3. The number of nitrogens with one attached hydrogen (secondary N) is 1. The van der Waals surface area contributed by atoms with Crippen molar-refractivity contribution in [3.63, 3.8) is 0 Å². The average Bonchev–Trinajstić information content (AvgIpc) is 2.53. The second kappa shape index (κ2) is 5.44. The maximum Gasteiger partial charge on any atom is 0.208 e. The number of hydrogen-bond donors (Lipinski definition) is 1. The van der Waals surface area contributed by atoms with E-state index in [1.807, 2.05) is 6.07 Å². The van der Waals surface area contributed by atoms with Gasteiger partial charge in [-0.1, -0.05) is 24.3 Å². The Hall–Kier alpha value is -2.24. The zero-order valence-corrected chi connectivity index (χ0v) is 13.3. The zero-order chi connectivity index (χ0) is 15.9. The van der Waals surface area contributed by atoms with Gasteiger partial charge in [0.15, 0.2) is 0 Å². The van der Waals surface area contributed by atoms with E-state index in [4.69, 9.17) is 0 Å². The molecule has 0 saturated carbocycles. The number of nitrogens with zero attached hydrogens (tertiary/aromatic N) is 1. The van der Waals surface area contributed by atoms with Gasteiger partial charge in [0.2, 0.25) is 9.84 Å². The summed E-state index contributed by atoms with van der Waals surface area (Å²) in [6, 6.07) is 16.3. The number of pyridine rings is 1. The minimum atomic E-state index is -3.53. The van der Waals surface area contributed by atoms with Gasteiger partial charge in [0.1, 0.15) is 0 Å². The summed E-state index contributed by atoms with van der Waals surface area (Å²) in [6.07, 6.45) is 1.44. The maximum absolute atomic E-state index is 12.7. The molecule has 0 radical (unpaired) electrons. The molecule has 1 aliphatic heterocycles. The van der Waals surface area contributed by atoms with E-state index < -0.39 is 9.84 Å². The largest absolute Gasteiger partial charge is 0.315 e. The van der Waals surface area contributed by atoms with Gasteiger partial charge in [0, 0.05) is 30.6 Å². The molecule has 1 aromatic heterocycles. The van der Waals surface area contributed by atoms with Crippen LogP contribution in [0.4, 0.5) is 0 Å². The second-order valence-electron chi connectivity index (χ2n) is 5.79. The van der Waals surface area contributed by atoms with Gasteiger partial charge in [-0.3, -0.25) is 4.98 Å². The van der Waals surface area contributed by atoms with Gasteiger partial charge in [0.05, 0.1) is 15.3 Å². The van der Waals surface area contributed by atoms with Crippen molar-refractivity contribution >= 4 is 20.7 Å². The minimum absolute atomic E-state index is 0.236. The lowest BCUT2D eigenvalue weighted by Crippen LogP contribution is -2.39. The van der Waals surface area contributed by atoms with Crippen molar-refractivity contribution in [2.75, 3.05) is 13.1 Å². The van der Waals surface area contributed by atoms with E-state index in [9.17, 15) is 8.42 Å². The van der Waals surface area contributed by atoms with E-state index in [1.54, 1.807) is 36.4 Å². The van der Waals surface area contributed by atoms with Crippen LogP contribution in [0.2, 0.25) is 0 Å². The smallest absolute Gasteiger partial charge is 0.208 e. The highest BCUT2D eigenvalue weighted by molar-refractivity contribution is 7.91. The van der Waals surface area contributed by atoms with Crippen LogP contribution in [0.3, 0.4) is 0 Å². The van der Waals surface area contributed by atoms with E-state index in [2.05, 4.69) is 22.4 Å². The fourth-order valence-corrected chi connectivity index (χ4v) is 4.05. The van der Waals surface area contributed by atoms with Crippen molar-refractivity contribution in [3.05, 3.63) is 66.4 Å². The highest BCUT2D eigenvalue weighted by Crippen LogP contribution is 2.27. The van der Waals surface area contributed by atoms with E-state index in [-0.39, 0.29) is 4.90 Å². The predicted octanol–water partition coefficient (Wildman–Crippen LogP) is 2.75. The molecule has 2 heterocycles. The fraction of sp³-hybridized carbons (Fsp3) is 0.167. The van der Waals surface area contributed by atoms with E-state index in [0.717, 1.165) is 24.0 Å². The summed E-state index contributed by atoms with van der Waals surface area (Å²) < 4.78 is 25.4. The quantitative estimate of drug-likeness (QED) is 0.805. The van der Waals surface area contributed by atoms with Crippen LogP contribution in [-0.2, 0) is 9.84 Å². The lowest BCUT2D eigenvalue weighted by atomic mass is 9.93. The number of hydrogen-bond acceptors (Lipinski definition) is 4. The molecule has 23 heavy (non-hydrogen) atoms. The van der Waals surface area contributed by atoms with Gasteiger partial charge in [-0.15, -0.1) is 0 Å². The summed E-state index contributed by atoms with van der Waals surface area (Å²) in [6.45, 7) is 1.95. The Bertz CT molecular complexity index is 965. The van der Waals surface area contributed by atoms with Crippen molar-refractivity contribution < 1.29 is 8.42 Å². The summed E-state index contributed by atoms with van der Waals surface area (Å²) in [4.78, 5) is 4.85. The standard InChI is InChI=1S/C18H16N2O2S/c21-23(22,16-4-2-1-3-5-16)17-9-14-8-13(15-10-19-11-15)6-7-18(14)20-12-17/h1-9,12,15,19H,10-11H2. The topological polar surface area (TPSA) is 59.1 Å². The summed E-state index contributed by atoms with van der Waals surface area (Å²) >= 11 is 0. The van der Waals surface area contributed by atoms with Gasteiger partial charge < -0.3 is 5.32 Å². The minimum Gasteiger partial charge on any atom is -0.315 e. The van der Waals surface area contributed by atoms with Gasteiger partial charge in [-0.2, -0.15) is 0 Å². The first-order valence-electron chi connectivity index (χ1n) is 7.55. The van der Waals surface area contributed by atoms with Gasteiger partial charge >= 0.3 is 0 Å². The molecule has 0 amide bonds. The molecule has 1 saturated heterocycles. The summed E-state index contributed by atoms with van der Waals surface area (Å²) in [5.41, 5.74) is 2.04. The molecule has 3 aromatic rings. The fourth-order valence-electron chi connectivity index (χ4n) is 2.79. The first-order valence-corrected chi connectivity index (χ1v) is 9.03. The third-order valence-electron chi connectivity index (χ3n) is 4.30. The molecule has 0 bridgehead atoms. The molecule has 1 N–H and O–H groups in total. The molecular weight excluding hydrogens is 308 g/mol. The Kier molecular flexibility index (Phi) is 3.39. The SMILES string of the molecule is O=S(=O)(c1ccccc1)c1cnc2ccc(C3CNC3)cc2c1. The Labute approximate surface area is 135 Å². The Morgan fingerprint density at radius 3 is 2.43 bits per heavy atom. The van der Waals surface area contributed by atoms with E-state index in [0.29, 0.717) is 10.8 Å². The monoisotopic (exact) mass is 324 g/mol. The molecule has 0 atom stereocenters. The number of sulfone groups is 1. The van der Waals surface area contributed by atoms with Crippen LogP contribution in [0.15, 0.2) is 70.6 Å². The first kappa shape index (κ1) is 14.4. The third-order valence-corrected chi connectivity index (χ3v) is 6.03. The van der Waals surface area contributed by atoms with Crippen LogP contribution in [0, 0.1) is 0 Å². The van der Waals surface area contributed by atoms with Crippen molar-refractivity contribution in [2.24, 2.45) is 0 Å². The van der Waals surface area contributed by atoms with E-state index >= 15 is 0 Å². The average molecular weight is 324 g/mol. The molecule has 0 unspecified atom stereocenters. The summed E-state index contributed by atoms with van der Waals surface area (Å²) in [7, 11) is -3.53. The van der Waals surface area contributed by atoms with Crippen LogP contribution in [-0.4, -0.2) is 26.5 Å². The van der Waals surface area contributed by atoms with Crippen molar-refractivity contribution in [2.45, 2.75) is 15.7 Å². The Balaban J connectivity index is 1.81. The molecular formula is C18H16N2O2S. The lowest BCUT2D eigenvalue weighted by molar-refractivity contribution is 0.449. The summed E-state index contributed by atoms with van der Waals surface area (Å²) in [5.74, 6) is 0.508. The van der Waals surface area contributed by atoms with Crippen LogP contribution in [0.25, 0.3) is 10.9 Å². The number of aromatic nitrogens is 1. The zero-order valence-electron chi connectivity index (χ0n) is 12.4. The molecule has 4 rings (SSSR count). The molecule has 116 valence electrons. The van der Waals surface area contributed by atoms with Crippen LogP contribution >= 0.6 is 0 Å². The van der Waals surface area contributed by atoms with Crippen molar-refractivity contribution in [1.82, 2.24) is 10.3 Å². The number of benzene rings is 2. The molecule has 0 aliphatic carbocycles. The number of fused-ring (bicyclic) bond motifs is 1. The normalized spacial score (nSPS) is 15.5. The molecule has 4 nitrogen and oxygen atoms in total. The lowest BCUT2D eigenvalue weighted by Gasteiger charge is -2.27. The second-order valence-corrected chi connectivity index (χ2v) is 7.74. The predicted molar refractivity (Wildman–Crippen MR) is 89.2 cm³/mol. The summed E-state index contributed by atoms with van der Waals surface area (Å²) in [5, 5.41) is 4.12. The van der Waals surface area contributed by atoms with Crippen LogP contribution in [0.5, 0.6) is 0 Å². The highest BCUT2D eigenvalue weighted by Gasteiger charge is 2.21. The molecule has 1 aliphatic rings. The Morgan fingerprint density at radius 2 is 1.74 bits per heavy atom. The molecule has 5 heteroatoms.